The molecule has 11 nitrogen and oxygen atoms in total. The fourth-order valence-electron chi connectivity index (χ4n) is 4.98. The van der Waals surface area contributed by atoms with E-state index in [2.05, 4.69) is 5.32 Å². The maximum atomic E-state index is 13.7. The molecule has 244 valence electrons. The van der Waals surface area contributed by atoms with Crippen LogP contribution in [0.4, 0.5) is 4.79 Å². The first kappa shape index (κ1) is 35.5. The van der Waals surface area contributed by atoms with E-state index in [1.54, 1.807) is 54.6 Å². The van der Waals surface area contributed by atoms with E-state index in [0.29, 0.717) is 11.3 Å². The number of methoxy groups -OCH3 is 1. The molecule has 0 aromatic heterocycles. The van der Waals surface area contributed by atoms with Crippen molar-refractivity contribution in [2.24, 2.45) is 5.92 Å². The van der Waals surface area contributed by atoms with Gasteiger partial charge in [-0.3, -0.25) is 9.69 Å². The van der Waals surface area contributed by atoms with Crippen molar-refractivity contribution in [3.8, 4) is 5.75 Å². The number of sulfonamides is 1. The standard InChI is InChI=1S/C33H43N3O8S/c1-24(2)21-35(45(42,43)28-16-14-27(44-3)15-17-28)23-31(38)29(20-25-10-6-4-7-11-25)34-32(39)30(18-19-37)36(33(40)41)22-26-12-8-5-9-13-26/h4-17,24,29-31,37-38H,18-23H2,1-3H3,(H,34,39)(H,40,41)/t29-,30-,31+/m0/s1. The molecule has 3 aromatic carbocycles. The maximum absolute atomic E-state index is 13.7. The van der Waals surface area contributed by atoms with Crippen molar-refractivity contribution in [2.45, 2.75) is 56.3 Å². The fraction of sp³-hybridized carbons (Fsp3) is 0.394. The minimum Gasteiger partial charge on any atom is -0.497 e. The van der Waals surface area contributed by atoms with Gasteiger partial charge in [-0.15, -0.1) is 0 Å². The molecule has 0 aliphatic rings. The van der Waals surface area contributed by atoms with Crippen LogP contribution in [0.1, 0.15) is 31.4 Å². The number of carbonyl (C=O) groups excluding carboxylic acids is 1. The molecule has 0 spiro atoms. The number of hydrogen-bond acceptors (Lipinski definition) is 7. The number of amides is 2. The largest absolute Gasteiger partial charge is 0.497 e. The van der Waals surface area contributed by atoms with Crippen LogP contribution in [-0.4, -0.2) is 89.9 Å². The monoisotopic (exact) mass is 641 g/mol. The summed E-state index contributed by atoms with van der Waals surface area (Å²) < 4.78 is 33.8. The van der Waals surface area contributed by atoms with Crippen molar-refractivity contribution < 1.29 is 38.1 Å². The average molecular weight is 642 g/mol. The molecule has 0 fully saturated rings. The van der Waals surface area contributed by atoms with E-state index >= 15 is 0 Å². The van der Waals surface area contributed by atoms with Gasteiger partial charge in [-0.05, 0) is 47.7 Å². The summed E-state index contributed by atoms with van der Waals surface area (Å²) in [4.78, 5) is 27.0. The summed E-state index contributed by atoms with van der Waals surface area (Å²) >= 11 is 0. The summed E-state index contributed by atoms with van der Waals surface area (Å²) in [5.41, 5.74) is 1.43. The Bertz CT molecular complexity index is 1450. The smallest absolute Gasteiger partial charge is 0.408 e. The Labute approximate surface area is 265 Å². The Morgan fingerprint density at radius 2 is 1.47 bits per heavy atom. The first-order chi connectivity index (χ1) is 21.5. The zero-order chi connectivity index (χ0) is 33.0. The molecule has 0 bridgehead atoms. The van der Waals surface area contributed by atoms with Gasteiger partial charge in [0.15, 0.2) is 0 Å². The van der Waals surface area contributed by atoms with Gasteiger partial charge in [-0.2, -0.15) is 4.31 Å². The molecule has 45 heavy (non-hydrogen) atoms. The van der Waals surface area contributed by atoms with Gasteiger partial charge < -0.3 is 25.4 Å². The number of ether oxygens (including phenoxy) is 1. The zero-order valence-corrected chi connectivity index (χ0v) is 26.6. The van der Waals surface area contributed by atoms with Gasteiger partial charge in [0, 0.05) is 32.7 Å². The second-order valence-electron chi connectivity index (χ2n) is 11.2. The molecular weight excluding hydrogens is 598 g/mol. The maximum Gasteiger partial charge on any atom is 0.408 e. The minimum absolute atomic E-state index is 0.0285. The van der Waals surface area contributed by atoms with Crippen LogP contribution in [0.25, 0.3) is 0 Å². The van der Waals surface area contributed by atoms with Crippen molar-refractivity contribution in [1.29, 1.82) is 0 Å². The van der Waals surface area contributed by atoms with Crippen molar-refractivity contribution in [3.63, 3.8) is 0 Å². The number of nitrogens with one attached hydrogen (secondary N) is 1. The van der Waals surface area contributed by atoms with E-state index in [4.69, 9.17) is 4.74 Å². The summed E-state index contributed by atoms with van der Waals surface area (Å²) in [6.45, 7) is 2.95. The highest BCUT2D eigenvalue weighted by Gasteiger charge is 2.35. The molecule has 3 atom stereocenters. The molecular formula is C33H43N3O8S. The van der Waals surface area contributed by atoms with Crippen molar-refractivity contribution >= 4 is 22.0 Å². The van der Waals surface area contributed by atoms with E-state index in [0.717, 1.165) is 10.5 Å². The van der Waals surface area contributed by atoms with Gasteiger partial charge in [0.2, 0.25) is 15.9 Å². The number of benzene rings is 3. The number of aliphatic hydroxyl groups is 2. The minimum atomic E-state index is -4.05. The molecule has 3 rings (SSSR count). The highest BCUT2D eigenvalue weighted by Crippen LogP contribution is 2.22. The lowest BCUT2D eigenvalue weighted by Crippen LogP contribution is -2.56. The molecule has 0 saturated carbocycles. The molecule has 12 heteroatoms. The van der Waals surface area contributed by atoms with Gasteiger partial charge in [0.05, 0.1) is 24.2 Å². The third-order valence-electron chi connectivity index (χ3n) is 7.27. The fourth-order valence-corrected chi connectivity index (χ4v) is 6.60. The number of hydrogen-bond donors (Lipinski definition) is 4. The number of rotatable bonds is 17. The third-order valence-corrected chi connectivity index (χ3v) is 9.12. The second kappa shape index (κ2) is 16.9. The Hall–Kier alpha value is -3.97. The normalized spacial score (nSPS) is 13.7. The zero-order valence-electron chi connectivity index (χ0n) is 25.8. The van der Waals surface area contributed by atoms with Gasteiger partial charge >= 0.3 is 6.09 Å². The SMILES string of the molecule is COc1ccc(S(=O)(=O)N(CC(C)C)C[C@@H](O)[C@H](Cc2ccccc2)NC(=O)[C@H](CCO)N(Cc2ccccc2)C(=O)O)cc1. The van der Waals surface area contributed by atoms with Crippen molar-refractivity contribution in [3.05, 3.63) is 96.1 Å². The molecule has 0 aliphatic heterocycles. The van der Waals surface area contributed by atoms with Gasteiger partial charge in [0.25, 0.3) is 0 Å². The highest BCUT2D eigenvalue weighted by atomic mass is 32.2. The van der Waals surface area contributed by atoms with Crippen LogP contribution in [0.3, 0.4) is 0 Å². The quantitative estimate of drug-likeness (QED) is 0.175. The Morgan fingerprint density at radius 1 is 0.889 bits per heavy atom. The van der Waals surface area contributed by atoms with Crippen LogP contribution in [-0.2, 0) is 27.8 Å². The van der Waals surface area contributed by atoms with E-state index < -0.39 is 46.8 Å². The average Bonchev–Trinajstić information content (AvgIpc) is 3.02. The summed E-state index contributed by atoms with van der Waals surface area (Å²) in [5.74, 6) is -0.297. The van der Waals surface area contributed by atoms with Gasteiger partial charge in [0.1, 0.15) is 11.8 Å². The van der Waals surface area contributed by atoms with Crippen molar-refractivity contribution in [1.82, 2.24) is 14.5 Å². The molecule has 2 amide bonds. The predicted octanol–water partition coefficient (Wildman–Crippen LogP) is 3.36. The van der Waals surface area contributed by atoms with E-state index in [1.165, 1.54) is 23.5 Å². The number of carboxylic acid groups (broad SMARTS) is 1. The molecule has 0 radical (unpaired) electrons. The number of aliphatic hydroxyl groups excluding tert-OH is 2. The molecule has 4 N–H and O–H groups in total. The van der Waals surface area contributed by atoms with E-state index in [-0.39, 0.29) is 43.3 Å². The predicted molar refractivity (Wildman–Crippen MR) is 170 cm³/mol. The topological polar surface area (TPSA) is 157 Å². The molecule has 0 unspecified atom stereocenters. The van der Waals surface area contributed by atoms with Crippen LogP contribution in [0.5, 0.6) is 5.75 Å². The van der Waals surface area contributed by atoms with Crippen molar-refractivity contribution in [2.75, 3.05) is 26.8 Å². The second-order valence-corrected chi connectivity index (χ2v) is 13.1. The lowest BCUT2D eigenvalue weighted by Gasteiger charge is -2.33. The van der Waals surface area contributed by atoms with Crippen LogP contribution in [0, 0.1) is 5.92 Å². The Kier molecular flexibility index (Phi) is 13.4. The number of carbonyl (C=O) groups is 2. The summed E-state index contributed by atoms with van der Waals surface area (Å²) in [5, 5.41) is 34.2. The van der Waals surface area contributed by atoms with Gasteiger partial charge in [-0.1, -0.05) is 74.5 Å². The molecule has 0 saturated heterocycles. The van der Waals surface area contributed by atoms with Gasteiger partial charge in [-0.25, -0.2) is 13.2 Å². The Balaban J connectivity index is 1.92. The Morgan fingerprint density at radius 3 is 1.98 bits per heavy atom. The lowest BCUT2D eigenvalue weighted by molar-refractivity contribution is -0.128. The third kappa shape index (κ3) is 10.3. The van der Waals surface area contributed by atoms with Crippen LogP contribution in [0.2, 0.25) is 0 Å². The first-order valence-electron chi connectivity index (χ1n) is 14.8. The van der Waals surface area contributed by atoms with E-state index in [1.807, 2.05) is 32.0 Å². The van der Waals surface area contributed by atoms with Crippen LogP contribution in [0.15, 0.2) is 89.8 Å². The molecule has 0 aliphatic carbocycles. The molecule has 0 heterocycles. The van der Waals surface area contributed by atoms with E-state index in [9.17, 15) is 33.3 Å². The molecule has 3 aromatic rings. The lowest BCUT2D eigenvalue weighted by atomic mass is 9.99. The highest BCUT2D eigenvalue weighted by molar-refractivity contribution is 7.89. The van der Waals surface area contributed by atoms with Crippen LogP contribution >= 0.6 is 0 Å². The number of nitrogens with zero attached hydrogens (tertiary/aromatic N) is 2. The van der Waals surface area contributed by atoms with Crippen LogP contribution < -0.4 is 10.1 Å². The summed E-state index contributed by atoms with van der Waals surface area (Å²) in [6.07, 6.45) is -2.75. The first-order valence-corrected chi connectivity index (χ1v) is 16.2. The summed E-state index contributed by atoms with van der Waals surface area (Å²) in [6, 6.07) is 21.5. The summed E-state index contributed by atoms with van der Waals surface area (Å²) in [7, 11) is -2.57.